The number of unbranched alkanes of at least 4 members (excludes halogenated alkanes) is 3. The van der Waals surface area contributed by atoms with E-state index in [-0.39, 0.29) is 0 Å². The van der Waals surface area contributed by atoms with Gasteiger partial charge in [0.1, 0.15) is 13.1 Å². The maximum atomic E-state index is 4.56. The van der Waals surface area contributed by atoms with Gasteiger partial charge < -0.3 is 4.90 Å². The second-order valence-electron chi connectivity index (χ2n) is 11.9. The minimum Gasteiger partial charge on any atom is -0.367 e. The lowest BCUT2D eigenvalue weighted by molar-refractivity contribution is -0.698. The number of aromatic nitrogens is 2. The molecule has 0 saturated carbocycles. The van der Waals surface area contributed by atoms with Crippen LogP contribution in [0.15, 0.2) is 143 Å². The smallest absolute Gasteiger partial charge is 0.171 e. The Morgan fingerprint density at radius 1 is 0.660 bits per heavy atom. The van der Waals surface area contributed by atoms with Crippen molar-refractivity contribution in [1.82, 2.24) is 0 Å². The zero-order valence-electron chi connectivity index (χ0n) is 28.0. The summed E-state index contributed by atoms with van der Waals surface area (Å²) >= 11 is 0. The Balaban J connectivity index is 1.00. The third kappa shape index (κ3) is 10.4. The Morgan fingerprint density at radius 2 is 1.28 bits per heavy atom. The molecule has 0 amide bonds. The SMILES string of the molecule is CCN(Cc1ccccc1)c1ccc(N=Nc2cc[n+](CCCCCC[n+]3ccc(C=NN(C)c4ccccc4)cc3)cc2)c(C)c1. The first-order valence-electron chi connectivity index (χ1n) is 16.7. The summed E-state index contributed by atoms with van der Waals surface area (Å²) < 4.78 is 4.48. The summed E-state index contributed by atoms with van der Waals surface area (Å²) in [7, 11) is 1.96. The summed E-state index contributed by atoms with van der Waals surface area (Å²) in [6.07, 6.45) is 15.1. The maximum absolute atomic E-state index is 4.56. The third-order valence-corrected chi connectivity index (χ3v) is 8.30. The first-order chi connectivity index (χ1) is 23.1. The van der Waals surface area contributed by atoms with Crippen LogP contribution in [0, 0.1) is 6.92 Å². The molecule has 0 fully saturated rings. The van der Waals surface area contributed by atoms with E-state index in [2.05, 4.69) is 141 Å². The van der Waals surface area contributed by atoms with Crippen LogP contribution in [0.1, 0.15) is 49.3 Å². The monoisotopic (exact) mass is 625 g/mol. The highest BCUT2D eigenvalue weighted by atomic mass is 15.4. The molecule has 5 aromatic rings. The van der Waals surface area contributed by atoms with Gasteiger partial charge in [0.2, 0.25) is 0 Å². The number of rotatable bonds is 16. The van der Waals surface area contributed by atoms with Crippen molar-refractivity contribution in [1.29, 1.82) is 0 Å². The molecule has 2 heterocycles. The third-order valence-electron chi connectivity index (χ3n) is 8.30. The number of benzene rings is 3. The van der Waals surface area contributed by atoms with Crippen LogP contribution in [-0.4, -0.2) is 19.8 Å². The van der Waals surface area contributed by atoms with Gasteiger partial charge in [-0.25, -0.2) is 9.13 Å². The average Bonchev–Trinajstić information content (AvgIpc) is 3.12. The van der Waals surface area contributed by atoms with Crippen molar-refractivity contribution in [3.8, 4) is 0 Å². The number of hydrogen-bond donors (Lipinski definition) is 0. The van der Waals surface area contributed by atoms with Gasteiger partial charge in [0.25, 0.3) is 0 Å². The summed E-state index contributed by atoms with van der Waals surface area (Å²) in [5, 5.41) is 15.5. The summed E-state index contributed by atoms with van der Waals surface area (Å²) in [6.45, 7) is 8.16. The molecule has 7 heteroatoms. The fraction of sp³-hybridized carbons (Fsp3) is 0.275. The van der Waals surface area contributed by atoms with Gasteiger partial charge in [0, 0.05) is 68.5 Å². The molecular formula is C40H47N7+2. The molecule has 0 saturated heterocycles. The van der Waals surface area contributed by atoms with Crippen LogP contribution in [-0.2, 0) is 19.6 Å². The number of aryl methyl sites for hydroxylation is 3. The van der Waals surface area contributed by atoms with Gasteiger partial charge in [-0.2, -0.15) is 15.3 Å². The molecule has 240 valence electrons. The summed E-state index contributed by atoms with van der Waals surface area (Å²) in [5.74, 6) is 0. The molecule has 0 aliphatic heterocycles. The highest BCUT2D eigenvalue weighted by molar-refractivity contribution is 5.79. The fourth-order valence-electron chi connectivity index (χ4n) is 5.42. The molecular weight excluding hydrogens is 578 g/mol. The molecule has 0 aliphatic carbocycles. The van der Waals surface area contributed by atoms with Crippen LogP contribution in [0.5, 0.6) is 0 Å². The van der Waals surface area contributed by atoms with Crippen molar-refractivity contribution in [2.24, 2.45) is 15.3 Å². The summed E-state index contributed by atoms with van der Waals surface area (Å²) in [6, 6.07) is 35.5. The predicted octanol–water partition coefficient (Wildman–Crippen LogP) is 8.74. The van der Waals surface area contributed by atoms with Crippen molar-refractivity contribution < 1.29 is 9.13 Å². The number of nitrogens with zero attached hydrogens (tertiary/aromatic N) is 7. The van der Waals surface area contributed by atoms with E-state index in [0.29, 0.717) is 0 Å². The molecule has 5 rings (SSSR count). The minimum absolute atomic E-state index is 0.863. The van der Waals surface area contributed by atoms with Gasteiger partial charge in [-0.1, -0.05) is 48.5 Å². The number of azo groups is 1. The largest absolute Gasteiger partial charge is 0.367 e. The van der Waals surface area contributed by atoms with E-state index in [9.17, 15) is 0 Å². The standard InChI is InChI=1S/C40H47N7/c1-4-47(33-36-15-9-7-10-16-36)39-19-20-40(34(2)31-39)43-42-37-23-29-46(30-24-37)26-14-6-5-13-25-45-27-21-35(22-28-45)32-41-44(3)38-17-11-8-12-18-38/h7-12,15-24,27-32H,4-6,13-14,25-26,33H2,1-3H3/q+2. The van der Waals surface area contributed by atoms with E-state index in [1.54, 1.807) is 0 Å². The molecule has 0 unspecified atom stereocenters. The Labute approximate surface area is 280 Å². The summed E-state index contributed by atoms with van der Waals surface area (Å²) in [4.78, 5) is 2.38. The van der Waals surface area contributed by atoms with Gasteiger partial charge in [-0.15, -0.1) is 0 Å². The Hall–Kier alpha value is -5.17. The predicted molar refractivity (Wildman–Crippen MR) is 193 cm³/mol. The van der Waals surface area contributed by atoms with Crippen LogP contribution >= 0.6 is 0 Å². The zero-order chi connectivity index (χ0) is 32.7. The molecule has 3 aromatic carbocycles. The highest BCUT2D eigenvalue weighted by Crippen LogP contribution is 2.27. The van der Waals surface area contributed by atoms with Crippen LogP contribution < -0.4 is 19.0 Å². The molecule has 2 aromatic heterocycles. The minimum atomic E-state index is 0.863. The molecule has 0 aliphatic rings. The lowest BCUT2D eigenvalue weighted by atomic mass is 10.1. The molecule has 47 heavy (non-hydrogen) atoms. The van der Waals surface area contributed by atoms with Crippen LogP contribution in [0.3, 0.4) is 0 Å². The van der Waals surface area contributed by atoms with Gasteiger partial charge in [0.05, 0.1) is 23.3 Å². The molecule has 0 bridgehead atoms. The number of pyridine rings is 2. The lowest BCUT2D eigenvalue weighted by Gasteiger charge is -2.24. The fourth-order valence-corrected chi connectivity index (χ4v) is 5.42. The first kappa shape index (κ1) is 33.2. The second kappa shape index (κ2) is 17.5. The van der Waals surface area contributed by atoms with E-state index >= 15 is 0 Å². The molecule has 0 atom stereocenters. The van der Waals surface area contributed by atoms with Gasteiger partial charge in [-0.05, 0) is 68.1 Å². The van der Waals surface area contributed by atoms with Gasteiger partial charge in [0.15, 0.2) is 24.8 Å². The van der Waals surface area contributed by atoms with Crippen LogP contribution in [0.2, 0.25) is 0 Å². The van der Waals surface area contributed by atoms with Crippen molar-refractivity contribution in [3.63, 3.8) is 0 Å². The van der Waals surface area contributed by atoms with E-state index < -0.39 is 0 Å². The Bertz CT molecular complexity index is 1700. The number of para-hydroxylation sites is 1. The first-order valence-corrected chi connectivity index (χ1v) is 16.7. The quantitative estimate of drug-likeness (QED) is 0.0362. The van der Waals surface area contributed by atoms with E-state index in [1.165, 1.54) is 30.5 Å². The van der Waals surface area contributed by atoms with Gasteiger partial charge in [-0.3, -0.25) is 5.01 Å². The van der Waals surface area contributed by atoms with E-state index in [1.807, 2.05) is 48.6 Å². The number of anilines is 2. The zero-order valence-corrected chi connectivity index (χ0v) is 28.0. The molecule has 0 spiro atoms. The lowest BCUT2D eigenvalue weighted by Crippen LogP contribution is -2.33. The van der Waals surface area contributed by atoms with E-state index in [4.69, 9.17) is 0 Å². The maximum Gasteiger partial charge on any atom is 0.171 e. The van der Waals surface area contributed by atoms with E-state index in [0.717, 1.165) is 60.8 Å². The summed E-state index contributed by atoms with van der Waals surface area (Å²) in [5.41, 5.74) is 7.56. The van der Waals surface area contributed by atoms with Crippen molar-refractivity contribution >= 4 is 29.0 Å². The van der Waals surface area contributed by atoms with Gasteiger partial charge >= 0.3 is 0 Å². The normalized spacial score (nSPS) is 11.4. The van der Waals surface area contributed by atoms with Crippen molar-refractivity contribution in [2.75, 3.05) is 23.5 Å². The second-order valence-corrected chi connectivity index (χ2v) is 11.9. The molecule has 0 N–H and O–H groups in total. The highest BCUT2D eigenvalue weighted by Gasteiger charge is 2.08. The number of hydrogen-bond acceptors (Lipinski definition) is 5. The van der Waals surface area contributed by atoms with Crippen LogP contribution in [0.4, 0.5) is 22.7 Å². The number of hydrazone groups is 1. The van der Waals surface area contributed by atoms with Crippen molar-refractivity contribution in [3.05, 3.63) is 145 Å². The topological polar surface area (TPSA) is 51.3 Å². The average molecular weight is 626 g/mol. The Morgan fingerprint density at radius 3 is 1.89 bits per heavy atom. The molecule has 0 radical (unpaired) electrons. The Kier molecular flexibility index (Phi) is 12.4. The molecule has 7 nitrogen and oxygen atoms in total. The van der Waals surface area contributed by atoms with Crippen LogP contribution in [0.25, 0.3) is 0 Å². The van der Waals surface area contributed by atoms with Crippen molar-refractivity contribution in [2.45, 2.75) is 59.2 Å².